The molecule has 3 N–H and O–H groups in total. The molecule has 7 nitrogen and oxygen atoms in total. The summed E-state index contributed by atoms with van der Waals surface area (Å²) < 4.78 is 17.0. The van der Waals surface area contributed by atoms with Crippen LogP contribution in [0.25, 0.3) is 11.0 Å². The van der Waals surface area contributed by atoms with Crippen LogP contribution in [0.1, 0.15) is 28.6 Å². The lowest BCUT2D eigenvalue weighted by Crippen LogP contribution is -2.09. The number of para-hydroxylation sites is 1. The molecule has 8 heteroatoms. The van der Waals surface area contributed by atoms with Crippen LogP contribution in [0, 0.1) is 0 Å². The standard InChI is InChI=1S/C20H18BrNO6/c1-2-26-17(23)7-11-5-3-4-6-16(11)27-10-14-13-8-12(21)9-15(22)18(13)28-19(14)20(24)25/h3-6,8-9H,2,7,10,22H2,1H3,(H,24,25). The first-order valence-electron chi connectivity index (χ1n) is 8.50. The highest BCUT2D eigenvalue weighted by Gasteiger charge is 2.23. The van der Waals surface area contributed by atoms with Gasteiger partial charge >= 0.3 is 11.9 Å². The number of hydrogen-bond acceptors (Lipinski definition) is 6. The van der Waals surface area contributed by atoms with Crippen LogP contribution in [0.5, 0.6) is 5.75 Å². The fourth-order valence-electron chi connectivity index (χ4n) is 2.86. The number of furan rings is 1. The minimum atomic E-state index is -1.22. The van der Waals surface area contributed by atoms with Gasteiger partial charge in [0, 0.05) is 15.4 Å². The highest BCUT2D eigenvalue weighted by atomic mass is 79.9. The molecule has 0 aliphatic heterocycles. The average molecular weight is 448 g/mol. The number of aromatic carboxylic acids is 1. The molecule has 0 unspecified atom stereocenters. The van der Waals surface area contributed by atoms with Crippen molar-refractivity contribution in [2.45, 2.75) is 20.0 Å². The molecule has 146 valence electrons. The average Bonchev–Trinajstić information content (AvgIpc) is 3.00. The first-order valence-corrected chi connectivity index (χ1v) is 9.30. The quantitative estimate of drug-likeness (QED) is 0.412. The van der Waals surface area contributed by atoms with Crippen molar-refractivity contribution >= 4 is 44.5 Å². The molecule has 3 aromatic rings. The van der Waals surface area contributed by atoms with E-state index in [4.69, 9.17) is 19.6 Å². The van der Waals surface area contributed by atoms with Crippen LogP contribution in [0.15, 0.2) is 45.3 Å². The van der Waals surface area contributed by atoms with Gasteiger partial charge in [0.1, 0.15) is 12.4 Å². The van der Waals surface area contributed by atoms with Crippen LogP contribution in [-0.4, -0.2) is 23.7 Å². The number of nitrogens with two attached hydrogens (primary N) is 1. The number of carbonyl (C=O) groups excluding carboxylic acids is 1. The van der Waals surface area contributed by atoms with E-state index in [0.717, 1.165) is 0 Å². The Morgan fingerprint density at radius 3 is 2.71 bits per heavy atom. The Kier molecular flexibility index (Phi) is 5.89. The van der Waals surface area contributed by atoms with Gasteiger partial charge in [0.05, 0.1) is 24.3 Å². The lowest BCUT2D eigenvalue weighted by atomic mass is 10.1. The Morgan fingerprint density at radius 1 is 1.25 bits per heavy atom. The van der Waals surface area contributed by atoms with Gasteiger partial charge in [-0.15, -0.1) is 0 Å². The molecular formula is C20H18BrNO6. The predicted octanol–water partition coefficient (Wildman–Crippen LogP) is 4.16. The van der Waals surface area contributed by atoms with Crippen molar-refractivity contribution in [1.29, 1.82) is 0 Å². The van der Waals surface area contributed by atoms with E-state index in [2.05, 4.69) is 15.9 Å². The number of carbonyl (C=O) groups is 2. The second-order valence-corrected chi connectivity index (χ2v) is 6.88. The lowest BCUT2D eigenvalue weighted by Gasteiger charge is -2.11. The summed E-state index contributed by atoms with van der Waals surface area (Å²) in [6, 6.07) is 10.4. The van der Waals surface area contributed by atoms with Gasteiger partial charge in [-0.3, -0.25) is 4.79 Å². The van der Waals surface area contributed by atoms with Crippen LogP contribution < -0.4 is 10.5 Å². The number of nitrogen functional groups attached to an aromatic ring is 1. The summed E-state index contributed by atoms with van der Waals surface area (Å²) in [5, 5.41) is 10.0. The zero-order chi connectivity index (χ0) is 20.3. The molecule has 0 saturated heterocycles. The summed E-state index contributed by atoms with van der Waals surface area (Å²) in [7, 11) is 0. The Bertz CT molecular complexity index is 1040. The number of halogens is 1. The summed E-state index contributed by atoms with van der Waals surface area (Å²) in [5.41, 5.74) is 7.56. The fourth-order valence-corrected chi connectivity index (χ4v) is 3.34. The van der Waals surface area contributed by atoms with Gasteiger partial charge in [0.2, 0.25) is 5.76 Å². The van der Waals surface area contributed by atoms with E-state index in [1.54, 1.807) is 43.3 Å². The Labute approximate surface area is 169 Å². The highest BCUT2D eigenvalue weighted by molar-refractivity contribution is 9.10. The van der Waals surface area contributed by atoms with Crippen LogP contribution in [-0.2, 0) is 22.6 Å². The third-order valence-electron chi connectivity index (χ3n) is 4.06. The molecule has 1 heterocycles. The molecule has 0 bridgehead atoms. The van der Waals surface area contributed by atoms with Gasteiger partial charge in [-0.25, -0.2) is 4.79 Å². The Balaban J connectivity index is 1.93. The molecule has 0 amide bonds. The fraction of sp³-hybridized carbons (Fsp3) is 0.200. The normalized spacial score (nSPS) is 10.8. The molecule has 0 fully saturated rings. The lowest BCUT2D eigenvalue weighted by molar-refractivity contribution is -0.142. The smallest absolute Gasteiger partial charge is 0.372 e. The zero-order valence-electron chi connectivity index (χ0n) is 15.0. The van der Waals surface area contributed by atoms with Gasteiger partial charge in [-0.05, 0) is 25.1 Å². The second kappa shape index (κ2) is 8.35. The molecule has 28 heavy (non-hydrogen) atoms. The topological polar surface area (TPSA) is 112 Å². The van der Waals surface area contributed by atoms with Crippen molar-refractivity contribution in [3.05, 3.63) is 57.8 Å². The third-order valence-corrected chi connectivity index (χ3v) is 4.52. The van der Waals surface area contributed by atoms with Crippen LogP contribution in [0.4, 0.5) is 5.69 Å². The number of hydrogen-bond donors (Lipinski definition) is 2. The number of ether oxygens (including phenoxy) is 2. The van der Waals surface area contributed by atoms with E-state index in [1.807, 2.05) is 0 Å². The van der Waals surface area contributed by atoms with Gasteiger partial charge in [0.25, 0.3) is 0 Å². The Morgan fingerprint density at radius 2 is 2.00 bits per heavy atom. The van der Waals surface area contributed by atoms with Crippen molar-refractivity contribution in [3.8, 4) is 5.75 Å². The molecule has 3 rings (SSSR count). The third kappa shape index (κ3) is 4.12. The van der Waals surface area contributed by atoms with Crippen molar-refractivity contribution in [3.63, 3.8) is 0 Å². The molecule has 0 saturated carbocycles. The summed E-state index contributed by atoms with van der Waals surface area (Å²) in [5.74, 6) is -1.35. The van der Waals surface area contributed by atoms with E-state index in [0.29, 0.717) is 44.6 Å². The molecule has 1 aromatic heterocycles. The van der Waals surface area contributed by atoms with E-state index in [9.17, 15) is 14.7 Å². The molecule has 0 aliphatic carbocycles. The number of fused-ring (bicyclic) bond motifs is 1. The van der Waals surface area contributed by atoms with Crippen molar-refractivity contribution in [2.24, 2.45) is 0 Å². The molecule has 0 radical (unpaired) electrons. The zero-order valence-corrected chi connectivity index (χ0v) is 16.6. The van der Waals surface area contributed by atoms with E-state index in [1.165, 1.54) is 0 Å². The molecule has 0 atom stereocenters. The molecular weight excluding hydrogens is 430 g/mol. The number of benzene rings is 2. The maximum absolute atomic E-state index is 11.8. The molecule has 0 aliphatic rings. The van der Waals surface area contributed by atoms with Crippen molar-refractivity contribution in [2.75, 3.05) is 12.3 Å². The summed E-state index contributed by atoms with van der Waals surface area (Å²) in [4.78, 5) is 23.4. The molecule has 2 aromatic carbocycles. The van der Waals surface area contributed by atoms with Crippen LogP contribution in [0.2, 0.25) is 0 Å². The number of anilines is 1. The maximum atomic E-state index is 11.8. The van der Waals surface area contributed by atoms with Gasteiger partial charge in [-0.2, -0.15) is 0 Å². The second-order valence-electron chi connectivity index (χ2n) is 5.96. The molecule has 0 spiro atoms. The predicted molar refractivity (Wildman–Crippen MR) is 106 cm³/mol. The summed E-state index contributed by atoms with van der Waals surface area (Å²) >= 11 is 3.35. The summed E-state index contributed by atoms with van der Waals surface area (Å²) in [6.45, 7) is 1.97. The first kappa shape index (κ1) is 19.8. The van der Waals surface area contributed by atoms with E-state index in [-0.39, 0.29) is 24.8 Å². The van der Waals surface area contributed by atoms with Crippen LogP contribution >= 0.6 is 15.9 Å². The van der Waals surface area contributed by atoms with Crippen molar-refractivity contribution in [1.82, 2.24) is 0 Å². The highest BCUT2D eigenvalue weighted by Crippen LogP contribution is 2.34. The monoisotopic (exact) mass is 447 g/mol. The minimum absolute atomic E-state index is 0.0560. The van der Waals surface area contributed by atoms with E-state index >= 15 is 0 Å². The SMILES string of the molecule is CCOC(=O)Cc1ccccc1OCc1c(C(=O)O)oc2c(N)cc(Br)cc12. The van der Waals surface area contributed by atoms with Crippen molar-refractivity contribution < 1.29 is 28.6 Å². The number of esters is 1. The van der Waals surface area contributed by atoms with E-state index < -0.39 is 5.97 Å². The largest absolute Gasteiger partial charge is 0.488 e. The minimum Gasteiger partial charge on any atom is -0.488 e. The van der Waals surface area contributed by atoms with Gasteiger partial charge in [-0.1, -0.05) is 34.1 Å². The Hall–Kier alpha value is -3.00. The van der Waals surface area contributed by atoms with Gasteiger partial charge in [0.15, 0.2) is 5.58 Å². The summed E-state index contributed by atoms with van der Waals surface area (Å²) in [6.07, 6.45) is 0.0560. The first-order chi connectivity index (χ1) is 13.4. The number of rotatable bonds is 7. The number of carboxylic acids is 1. The maximum Gasteiger partial charge on any atom is 0.372 e. The van der Waals surface area contributed by atoms with Gasteiger partial charge < -0.3 is 24.7 Å². The van der Waals surface area contributed by atoms with Crippen LogP contribution in [0.3, 0.4) is 0 Å². The number of carboxylic acid groups (broad SMARTS) is 1.